The second-order valence-electron chi connectivity index (χ2n) is 9.04. The number of carbonyl (C=O) groups excluding carboxylic acids is 2. The van der Waals surface area contributed by atoms with E-state index < -0.39 is 0 Å². The summed E-state index contributed by atoms with van der Waals surface area (Å²) in [4.78, 5) is 37.5. The first-order chi connectivity index (χ1) is 16.0. The van der Waals surface area contributed by atoms with Crippen molar-refractivity contribution in [2.75, 3.05) is 10.6 Å². The van der Waals surface area contributed by atoms with Crippen molar-refractivity contribution in [3.63, 3.8) is 0 Å². The summed E-state index contributed by atoms with van der Waals surface area (Å²) in [5, 5.41) is 5.88. The molecule has 0 bridgehead atoms. The Morgan fingerprint density at radius 3 is 2.55 bits per heavy atom. The number of carbonyl (C=O) groups is 2. The first-order valence-electron chi connectivity index (χ1n) is 11.6. The lowest BCUT2D eigenvalue weighted by atomic mass is 9.83. The lowest BCUT2D eigenvalue weighted by Gasteiger charge is -2.24. The van der Waals surface area contributed by atoms with Crippen molar-refractivity contribution in [3.8, 4) is 22.4 Å². The number of aromatic nitrogens is 3. The van der Waals surface area contributed by atoms with E-state index in [2.05, 4.69) is 25.6 Å². The summed E-state index contributed by atoms with van der Waals surface area (Å²) in [5.74, 6) is 1.21. The molecule has 168 valence electrons. The number of amides is 2. The maximum Gasteiger partial charge on any atom is 0.228 e. The van der Waals surface area contributed by atoms with Crippen LogP contribution < -0.4 is 10.6 Å². The molecule has 2 aliphatic rings. The number of nitrogens with one attached hydrogen (secondary N) is 2. The Morgan fingerprint density at radius 2 is 1.79 bits per heavy atom. The zero-order valence-electron chi connectivity index (χ0n) is 18.7. The van der Waals surface area contributed by atoms with E-state index in [-0.39, 0.29) is 17.7 Å². The summed E-state index contributed by atoms with van der Waals surface area (Å²) >= 11 is 0. The van der Waals surface area contributed by atoms with E-state index in [4.69, 9.17) is 0 Å². The molecular formula is C26H27N5O2. The number of aryl methyl sites for hydroxylation is 1. The van der Waals surface area contributed by atoms with E-state index >= 15 is 0 Å². The van der Waals surface area contributed by atoms with Crippen LogP contribution in [0.1, 0.15) is 44.2 Å². The highest BCUT2D eigenvalue weighted by atomic mass is 16.2. The molecule has 0 spiro atoms. The number of hydrogen-bond donors (Lipinski definition) is 2. The largest absolute Gasteiger partial charge is 0.325 e. The maximum absolute atomic E-state index is 12.4. The van der Waals surface area contributed by atoms with Gasteiger partial charge in [0, 0.05) is 35.2 Å². The second kappa shape index (κ2) is 9.10. The molecular weight excluding hydrogens is 414 g/mol. The minimum Gasteiger partial charge on any atom is -0.325 e. The quantitative estimate of drug-likeness (QED) is 0.538. The Labute approximate surface area is 193 Å². The summed E-state index contributed by atoms with van der Waals surface area (Å²) in [6.07, 6.45) is 9.16. The van der Waals surface area contributed by atoms with Crippen molar-refractivity contribution in [2.24, 2.45) is 11.8 Å². The average Bonchev–Trinajstić information content (AvgIpc) is 3.64. The first kappa shape index (κ1) is 21.2. The topological polar surface area (TPSA) is 96.9 Å². The molecule has 0 saturated heterocycles. The van der Waals surface area contributed by atoms with Gasteiger partial charge in [0.15, 0.2) is 0 Å². The highest BCUT2D eigenvalue weighted by molar-refractivity contribution is 5.94. The van der Waals surface area contributed by atoms with Gasteiger partial charge in [0.1, 0.15) is 12.1 Å². The maximum atomic E-state index is 12.4. The molecule has 0 aliphatic heterocycles. The van der Waals surface area contributed by atoms with Crippen molar-refractivity contribution in [1.82, 2.24) is 15.0 Å². The molecule has 2 heterocycles. The third-order valence-corrected chi connectivity index (χ3v) is 6.41. The van der Waals surface area contributed by atoms with Gasteiger partial charge in [0.25, 0.3) is 0 Å². The normalized spacial score (nSPS) is 15.5. The highest BCUT2D eigenvalue weighted by Gasteiger charge is 2.29. The number of pyridine rings is 1. The molecule has 2 fully saturated rings. The molecule has 0 unspecified atom stereocenters. The fourth-order valence-corrected chi connectivity index (χ4v) is 4.07. The van der Waals surface area contributed by atoms with Gasteiger partial charge in [-0.1, -0.05) is 24.6 Å². The first-order valence-corrected chi connectivity index (χ1v) is 11.6. The molecule has 7 heteroatoms. The summed E-state index contributed by atoms with van der Waals surface area (Å²) in [5.41, 5.74) is 5.16. The van der Waals surface area contributed by atoms with Gasteiger partial charge < -0.3 is 10.6 Å². The molecule has 2 N–H and O–H groups in total. The highest BCUT2D eigenvalue weighted by Crippen LogP contribution is 2.32. The summed E-state index contributed by atoms with van der Waals surface area (Å²) in [7, 11) is 0. The van der Waals surface area contributed by atoms with E-state index in [0.717, 1.165) is 53.8 Å². The van der Waals surface area contributed by atoms with Gasteiger partial charge in [-0.3, -0.25) is 14.6 Å². The zero-order valence-corrected chi connectivity index (χ0v) is 18.7. The minimum atomic E-state index is 0.0197. The van der Waals surface area contributed by atoms with Crippen LogP contribution >= 0.6 is 0 Å². The van der Waals surface area contributed by atoms with Crippen LogP contribution in [0.4, 0.5) is 11.5 Å². The lowest BCUT2D eigenvalue weighted by Crippen LogP contribution is -2.21. The Bertz CT molecular complexity index is 1200. The van der Waals surface area contributed by atoms with Crippen molar-refractivity contribution in [1.29, 1.82) is 0 Å². The van der Waals surface area contributed by atoms with E-state index in [9.17, 15) is 9.59 Å². The Kier molecular flexibility index (Phi) is 5.86. The Morgan fingerprint density at radius 1 is 0.970 bits per heavy atom. The van der Waals surface area contributed by atoms with Gasteiger partial charge in [0.05, 0.1) is 17.6 Å². The van der Waals surface area contributed by atoms with Crippen molar-refractivity contribution >= 4 is 23.3 Å². The molecule has 7 nitrogen and oxygen atoms in total. The van der Waals surface area contributed by atoms with E-state index in [1.807, 2.05) is 37.3 Å². The number of benzene rings is 1. The van der Waals surface area contributed by atoms with Crippen LogP contribution in [0, 0.1) is 18.8 Å². The van der Waals surface area contributed by atoms with Crippen LogP contribution in [0.25, 0.3) is 22.4 Å². The van der Waals surface area contributed by atoms with Gasteiger partial charge in [-0.05, 0) is 56.2 Å². The summed E-state index contributed by atoms with van der Waals surface area (Å²) < 4.78 is 0. The Hall–Kier alpha value is -3.61. The lowest BCUT2D eigenvalue weighted by molar-refractivity contribution is -0.118. The van der Waals surface area contributed by atoms with Crippen molar-refractivity contribution in [2.45, 2.75) is 45.4 Å². The minimum absolute atomic E-state index is 0.0197. The van der Waals surface area contributed by atoms with Gasteiger partial charge in [0.2, 0.25) is 11.8 Å². The standard InChI is InChI=1S/C26H27N5O2/c1-16-22(12-21(14-27-16)30-25(32)10-17-4-2-5-17)19-6-3-7-20(11-19)23-13-24(29-15-28-23)31-26(33)18-8-9-18/h3,6-7,11-15,17-18H,2,4-5,8-10H2,1H3,(H,30,32)(H,28,29,31,33). The average molecular weight is 442 g/mol. The summed E-state index contributed by atoms with van der Waals surface area (Å²) in [6, 6.07) is 11.8. The molecule has 5 rings (SSSR count). The third kappa shape index (κ3) is 5.08. The number of anilines is 2. The number of hydrogen-bond acceptors (Lipinski definition) is 5. The van der Waals surface area contributed by atoms with Gasteiger partial charge in [-0.15, -0.1) is 0 Å². The fourth-order valence-electron chi connectivity index (χ4n) is 4.07. The fraction of sp³-hybridized carbons (Fsp3) is 0.346. The molecule has 0 atom stereocenters. The smallest absolute Gasteiger partial charge is 0.228 e. The van der Waals surface area contributed by atoms with Crippen LogP contribution in [0.3, 0.4) is 0 Å². The van der Waals surface area contributed by atoms with Gasteiger partial charge >= 0.3 is 0 Å². The molecule has 2 aliphatic carbocycles. The zero-order chi connectivity index (χ0) is 22.8. The molecule has 2 aromatic heterocycles. The number of nitrogens with zero attached hydrogens (tertiary/aromatic N) is 3. The molecule has 33 heavy (non-hydrogen) atoms. The van der Waals surface area contributed by atoms with Gasteiger partial charge in [-0.25, -0.2) is 9.97 Å². The van der Waals surface area contributed by atoms with Crippen LogP contribution in [0.5, 0.6) is 0 Å². The molecule has 2 amide bonds. The molecule has 0 radical (unpaired) electrons. The second-order valence-corrected chi connectivity index (χ2v) is 9.04. The van der Waals surface area contributed by atoms with Crippen LogP contribution in [-0.4, -0.2) is 26.8 Å². The van der Waals surface area contributed by atoms with E-state index in [1.54, 1.807) is 12.3 Å². The third-order valence-electron chi connectivity index (χ3n) is 6.41. The summed E-state index contributed by atoms with van der Waals surface area (Å²) in [6.45, 7) is 1.96. The molecule has 1 aromatic carbocycles. The number of rotatable bonds is 7. The van der Waals surface area contributed by atoms with Crippen LogP contribution in [0.15, 0.2) is 48.9 Å². The van der Waals surface area contributed by atoms with Gasteiger partial charge in [-0.2, -0.15) is 0 Å². The van der Waals surface area contributed by atoms with Crippen LogP contribution in [0.2, 0.25) is 0 Å². The molecule has 2 saturated carbocycles. The molecule has 3 aromatic rings. The Balaban J connectivity index is 1.36. The van der Waals surface area contributed by atoms with E-state index in [1.165, 1.54) is 12.7 Å². The monoisotopic (exact) mass is 441 g/mol. The SMILES string of the molecule is Cc1ncc(NC(=O)CC2CCC2)cc1-c1cccc(-c2cc(NC(=O)C3CC3)ncn2)c1. The predicted octanol–water partition coefficient (Wildman–Crippen LogP) is 4.99. The van der Waals surface area contributed by atoms with Crippen molar-refractivity contribution in [3.05, 3.63) is 54.6 Å². The van der Waals surface area contributed by atoms with E-state index in [0.29, 0.717) is 23.8 Å². The van der Waals surface area contributed by atoms with Crippen LogP contribution in [-0.2, 0) is 9.59 Å². The van der Waals surface area contributed by atoms with Crippen molar-refractivity contribution < 1.29 is 9.59 Å². The predicted molar refractivity (Wildman–Crippen MR) is 127 cm³/mol.